The highest BCUT2D eigenvalue weighted by Gasteiger charge is 2.43. The van der Waals surface area contributed by atoms with Gasteiger partial charge in [0.15, 0.2) is 0 Å². The molecule has 0 spiro atoms. The Morgan fingerprint density at radius 2 is 1.81 bits per heavy atom. The van der Waals surface area contributed by atoms with Gasteiger partial charge >= 0.3 is 0 Å². The average molecular weight is 356 g/mol. The average Bonchev–Trinajstić information content (AvgIpc) is 3.11. The van der Waals surface area contributed by atoms with E-state index in [0.717, 1.165) is 37.7 Å². The van der Waals surface area contributed by atoms with E-state index in [-0.39, 0.29) is 17.7 Å². The molecular weight excluding hydrogens is 328 g/mol. The van der Waals surface area contributed by atoms with Gasteiger partial charge in [0.25, 0.3) is 11.8 Å². The van der Waals surface area contributed by atoms with Gasteiger partial charge in [0, 0.05) is 18.5 Å². The third-order valence-corrected chi connectivity index (χ3v) is 5.19. The van der Waals surface area contributed by atoms with Crippen molar-refractivity contribution in [3.63, 3.8) is 0 Å². The van der Waals surface area contributed by atoms with Gasteiger partial charge in [-0.15, -0.1) is 0 Å². The Morgan fingerprint density at radius 1 is 1.08 bits per heavy atom. The van der Waals surface area contributed by atoms with E-state index in [1.165, 1.54) is 4.90 Å². The largest absolute Gasteiger partial charge is 0.311 e. The number of anilines is 1. The predicted octanol–water partition coefficient (Wildman–Crippen LogP) is 3.80. The van der Waals surface area contributed by atoms with Crippen LogP contribution in [0.2, 0.25) is 0 Å². The van der Waals surface area contributed by atoms with Crippen LogP contribution in [0.15, 0.2) is 12.1 Å². The van der Waals surface area contributed by atoms with Crippen LogP contribution in [0.4, 0.5) is 5.69 Å². The van der Waals surface area contributed by atoms with Crippen LogP contribution in [-0.4, -0.2) is 35.7 Å². The van der Waals surface area contributed by atoms with Gasteiger partial charge in [-0.2, -0.15) is 0 Å². The highest BCUT2D eigenvalue weighted by molar-refractivity contribution is 6.25. The van der Waals surface area contributed by atoms with Gasteiger partial charge in [-0.1, -0.05) is 53.0 Å². The lowest BCUT2D eigenvalue weighted by Gasteiger charge is -2.27. The second kappa shape index (κ2) is 6.86. The topological polar surface area (TPSA) is 57.7 Å². The number of imide groups is 1. The molecule has 0 bridgehead atoms. The molecule has 140 valence electrons. The molecule has 1 aromatic rings. The molecule has 0 saturated carbocycles. The van der Waals surface area contributed by atoms with Crippen molar-refractivity contribution in [3.8, 4) is 0 Å². The first-order chi connectivity index (χ1) is 12.3. The monoisotopic (exact) mass is 356 g/mol. The summed E-state index contributed by atoms with van der Waals surface area (Å²) in [7, 11) is 0. The number of benzene rings is 1. The van der Waals surface area contributed by atoms with E-state index in [0.29, 0.717) is 29.9 Å². The number of carbonyl (C=O) groups excluding carboxylic acids is 3. The highest BCUT2D eigenvalue weighted by Crippen LogP contribution is 2.40. The van der Waals surface area contributed by atoms with E-state index < -0.39 is 5.41 Å². The zero-order valence-electron chi connectivity index (χ0n) is 16.2. The third-order valence-electron chi connectivity index (χ3n) is 5.19. The zero-order chi connectivity index (χ0) is 19.1. The fourth-order valence-corrected chi connectivity index (χ4v) is 3.76. The molecule has 5 nitrogen and oxygen atoms in total. The van der Waals surface area contributed by atoms with Crippen molar-refractivity contribution in [1.82, 2.24) is 4.90 Å². The van der Waals surface area contributed by atoms with Crippen LogP contribution < -0.4 is 4.90 Å². The number of carbonyl (C=O) groups is 3. The van der Waals surface area contributed by atoms with E-state index in [4.69, 9.17) is 0 Å². The third kappa shape index (κ3) is 3.04. The van der Waals surface area contributed by atoms with E-state index >= 15 is 0 Å². The summed E-state index contributed by atoms with van der Waals surface area (Å²) in [6.45, 7) is 8.79. The first kappa shape index (κ1) is 18.6. The molecule has 0 unspecified atom stereocenters. The van der Waals surface area contributed by atoms with Crippen LogP contribution in [0.25, 0.3) is 0 Å². The van der Waals surface area contributed by atoms with Crippen LogP contribution in [0.1, 0.15) is 79.7 Å². The number of nitrogens with zero attached hydrogens (tertiary/aromatic N) is 2. The van der Waals surface area contributed by atoms with Gasteiger partial charge in [-0.25, -0.2) is 0 Å². The predicted molar refractivity (Wildman–Crippen MR) is 101 cm³/mol. The maximum atomic E-state index is 13.0. The molecule has 3 amide bonds. The minimum atomic E-state index is -0.532. The van der Waals surface area contributed by atoms with Crippen LogP contribution in [0.5, 0.6) is 0 Å². The van der Waals surface area contributed by atoms with Crippen LogP contribution in [-0.2, 0) is 11.2 Å². The van der Waals surface area contributed by atoms with E-state index in [1.54, 1.807) is 11.0 Å². The number of hydrogen-bond donors (Lipinski definition) is 0. The van der Waals surface area contributed by atoms with Crippen molar-refractivity contribution in [2.24, 2.45) is 5.41 Å². The fraction of sp³-hybridized carbons (Fsp3) is 0.571. The first-order valence-electron chi connectivity index (χ1n) is 9.61. The number of amides is 3. The minimum Gasteiger partial charge on any atom is -0.311 e. The second-order valence-electron chi connectivity index (χ2n) is 8.28. The van der Waals surface area contributed by atoms with Crippen molar-refractivity contribution in [2.45, 2.75) is 59.8 Å². The van der Waals surface area contributed by atoms with E-state index in [2.05, 4.69) is 6.92 Å². The quantitative estimate of drug-likeness (QED) is 0.596. The highest BCUT2D eigenvalue weighted by atomic mass is 16.2. The standard InChI is InChI=1S/C21H28N2O3/c1-5-6-7-8-12-23-18(24)15-10-9-14-11-13-22(20(26)21(2,3)4)17(14)16(15)19(23)25/h9-10H,5-8,11-13H2,1-4H3. The molecule has 0 saturated heterocycles. The van der Waals surface area contributed by atoms with E-state index in [9.17, 15) is 14.4 Å². The fourth-order valence-electron chi connectivity index (χ4n) is 3.76. The van der Waals surface area contributed by atoms with Gasteiger partial charge < -0.3 is 4.90 Å². The molecule has 1 aromatic carbocycles. The van der Waals surface area contributed by atoms with Crippen molar-refractivity contribution in [3.05, 3.63) is 28.8 Å². The SMILES string of the molecule is CCCCCCN1C(=O)c2ccc3c(c2C1=O)N(C(=O)C(C)(C)C)CC3. The summed E-state index contributed by atoms with van der Waals surface area (Å²) in [5.41, 5.74) is 1.98. The van der Waals surface area contributed by atoms with Gasteiger partial charge in [-0.05, 0) is 24.5 Å². The van der Waals surface area contributed by atoms with Gasteiger partial charge in [-0.3, -0.25) is 19.3 Å². The Bertz CT molecular complexity index is 761. The van der Waals surface area contributed by atoms with E-state index in [1.807, 2.05) is 26.8 Å². The van der Waals surface area contributed by atoms with Crippen molar-refractivity contribution in [2.75, 3.05) is 18.0 Å². The Labute approximate surface area is 155 Å². The molecule has 0 atom stereocenters. The summed E-state index contributed by atoms with van der Waals surface area (Å²) in [6.07, 6.45) is 4.77. The molecule has 3 rings (SSSR count). The maximum absolute atomic E-state index is 13.0. The number of hydrogen-bond acceptors (Lipinski definition) is 3. The molecule has 2 heterocycles. The number of fused-ring (bicyclic) bond motifs is 3. The summed E-state index contributed by atoms with van der Waals surface area (Å²) in [6, 6.07) is 3.65. The van der Waals surface area contributed by atoms with Crippen molar-refractivity contribution >= 4 is 23.4 Å². The zero-order valence-corrected chi connectivity index (χ0v) is 16.2. The van der Waals surface area contributed by atoms with Gasteiger partial charge in [0.2, 0.25) is 5.91 Å². The number of unbranched alkanes of at least 4 members (excludes halogenated alkanes) is 3. The van der Waals surface area contributed by atoms with Crippen LogP contribution >= 0.6 is 0 Å². The molecule has 2 aliphatic rings. The summed E-state index contributed by atoms with van der Waals surface area (Å²) >= 11 is 0. The molecule has 0 N–H and O–H groups in total. The Balaban J connectivity index is 1.93. The van der Waals surface area contributed by atoms with Gasteiger partial charge in [0.05, 0.1) is 16.8 Å². The minimum absolute atomic E-state index is 0.00806. The lowest BCUT2D eigenvalue weighted by Crippen LogP contribution is -2.39. The Hall–Kier alpha value is -2.17. The molecule has 5 heteroatoms. The van der Waals surface area contributed by atoms with Crippen LogP contribution in [0, 0.1) is 5.41 Å². The second-order valence-corrected chi connectivity index (χ2v) is 8.28. The Kier molecular flexibility index (Phi) is 4.91. The summed E-state index contributed by atoms with van der Waals surface area (Å²) in [5, 5.41) is 0. The normalized spacial score (nSPS) is 16.3. The lowest BCUT2D eigenvalue weighted by molar-refractivity contribution is -0.125. The van der Waals surface area contributed by atoms with Crippen LogP contribution in [0.3, 0.4) is 0 Å². The smallest absolute Gasteiger partial charge is 0.263 e. The molecule has 2 aliphatic heterocycles. The summed E-state index contributed by atoms with van der Waals surface area (Å²) in [4.78, 5) is 41.7. The lowest BCUT2D eigenvalue weighted by atomic mass is 9.94. The molecular formula is C21H28N2O3. The molecule has 0 aromatic heterocycles. The summed E-state index contributed by atoms with van der Waals surface area (Å²) < 4.78 is 0. The van der Waals surface area contributed by atoms with Gasteiger partial charge in [0.1, 0.15) is 0 Å². The molecule has 0 radical (unpaired) electrons. The molecule has 26 heavy (non-hydrogen) atoms. The molecule has 0 aliphatic carbocycles. The Morgan fingerprint density at radius 3 is 2.46 bits per heavy atom. The van der Waals surface area contributed by atoms with Crippen molar-refractivity contribution < 1.29 is 14.4 Å². The van der Waals surface area contributed by atoms with Crippen molar-refractivity contribution in [1.29, 1.82) is 0 Å². The summed E-state index contributed by atoms with van der Waals surface area (Å²) in [5.74, 6) is -0.474. The molecule has 0 fully saturated rings. The first-order valence-corrected chi connectivity index (χ1v) is 9.61. The maximum Gasteiger partial charge on any atom is 0.263 e. The number of rotatable bonds is 5.